The van der Waals surface area contributed by atoms with Crippen LogP contribution in [0.5, 0.6) is 5.75 Å². The molecular weight excluding hydrogens is 342 g/mol. The second kappa shape index (κ2) is 9.90. The lowest BCUT2D eigenvalue weighted by Crippen LogP contribution is -2.38. The molecule has 0 radical (unpaired) electrons. The summed E-state index contributed by atoms with van der Waals surface area (Å²) < 4.78 is 6.35. The van der Waals surface area contributed by atoms with E-state index in [0.29, 0.717) is 11.6 Å². The summed E-state index contributed by atoms with van der Waals surface area (Å²) in [5, 5.41) is 7.28. The van der Waals surface area contributed by atoms with Gasteiger partial charge in [0, 0.05) is 17.7 Å². The Balaban J connectivity index is 2.01. The van der Waals surface area contributed by atoms with Crippen LogP contribution in [0.3, 0.4) is 0 Å². The maximum Gasteiger partial charge on any atom is 0.267 e. The largest absolute Gasteiger partial charge is 0.497 e. The first-order valence-electron chi connectivity index (χ1n) is 9.41. The fraction of sp³-hybridized carbons (Fsp3) is 0.476. The minimum Gasteiger partial charge on any atom is -0.497 e. The minimum absolute atomic E-state index is 0.0803. The minimum atomic E-state index is -0.296. The van der Waals surface area contributed by atoms with Gasteiger partial charge in [0.2, 0.25) is 5.91 Å². The highest BCUT2D eigenvalue weighted by atomic mass is 16.5. The Hall–Kier alpha value is -2.63. The Morgan fingerprint density at radius 1 is 1.11 bits per heavy atom. The van der Waals surface area contributed by atoms with Gasteiger partial charge in [0.15, 0.2) is 0 Å². The fourth-order valence-electron chi connectivity index (χ4n) is 2.84. The Morgan fingerprint density at radius 3 is 2.44 bits per heavy atom. The average Bonchev–Trinajstić information content (AvgIpc) is 2.63. The van der Waals surface area contributed by atoms with Gasteiger partial charge in [0.1, 0.15) is 12.3 Å². The summed E-state index contributed by atoms with van der Waals surface area (Å²) in [5.41, 5.74) is 1.19. The number of methoxy groups -OCH3 is 1. The number of hydrogen-bond acceptors (Lipinski definition) is 4. The van der Waals surface area contributed by atoms with Gasteiger partial charge in [0.05, 0.1) is 12.8 Å². The molecule has 2 aromatic rings. The highest BCUT2D eigenvalue weighted by Crippen LogP contribution is 2.19. The molecule has 0 spiro atoms. The molecule has 0 unspecified atom stereocenters. The van der Waals surface area contributed by atoms with Crippen LogP contribution in [-0.4, -0.2) is 28.8 Å². The zero-order valence-corrected chi connectivity index (χ0v) is 16.6. The van der Waals surface area contributed by atoms with Gasteiger partial charge in [-0.3, -0.25) is 9.59 Å². The third kappa shape index (κ3) is 6.55. The van der Waals surface area contributed by atoms with Crippen molar-refractivity contribution in [3.63, 3.8) is 0 Å². The van der Waals surface area contributed by atoms with Gasteiger partial charge < -0.3 is 10.1 Å². The monoisotopic (exact) mass is 371 g/mol. The lowest BCUT2D eigenvalue weighted by atomic mass is 10.0. The van der Waals surface area contributed by atoms with Crippen molar-refractivity contribution in [2.24, 2.45) is 5.92 Å². The summed E-state index contributed by atoms with van der Waals surface area (Å²) in [5.74, 6) is 1.21. The van der Waals surface area contributed by atoms with Crippen molar-refractivity contribution < 1.29 is 9.53 Å². The quantitative estimate of drug-likeness (QED) is 0.734. The molecule has 1 aromatic carbocycles. The molecule has 146 valence electrons. The number of nitrogens with zero attached hydrogens (tertiary/aromatic N) is 2. The number of carbonyl (C=O) groups is 1. The van der Waals surface area contributed by atoms with E-state index in [1.165, 1.54) is 10.7 Å². The summed E-state index contributed by atoms with van der Waals surface area (Å²) in [4.78, 5) is 24.3. The highest BCUT2D eigenvalue weighted by Gasteiger charge is 2.11. The normalized spacial score (nSPS) is 12.0. The van der Waals surface area contributed by atoms with Crippen molar-refractivity contribution in [3.05, 3.63) is 46.8 Å². The van der Waals surface area contributed by atoms with E-state index in [-0.39, 0.29) is 24.1 Å². The molecule has 0 saturated heterocycles. The van der Waals surface area contributed by atoms with Crippen molar-refractivity contribution in [2.75, 3.05) is 7.11 Å². The number of hydrogen-bond donors (Lipinski definition) is 1. The Bertz CT molecular complexity index is 797. The maximum absolute atomic E-state index is 12.3. The van der Waals surface area contributed by atoms with E-state index < -0.39 is 0 Å². The first-order chi connectivity index (χ1) is 12.9. The molecule has 2 rings (SSSR count). The van der Waals surface area contributed by atoms with Crippen LogP contribution in [0.2, 0.25) is 0 Å². The van der Waals surface area contributed by atoms with E-state index >= 15 is 0 Å². The van der Waals surface area contributed by atoms with E-state index in [4.69, 9.17) is 4.74 Å². The van der Waals surface area contributed by atoms with E-state index in [1.54, 1.807) is 13.2 Å². The lowest BCUT2D eigenvalue weighted by Gasteiger charge is -2.15. The predicted molar refractivity (Wildman–Crippen MR) is 107 cm³/mol. The van der Waals surface area contributed by atoms with Crippen LogP contribution in [0.4, 0.5) is 0 Å². The summed E-state index contributed by atoms with van der Waals surface area (Å²) in [7, 11) is 1.61. The molecule has 1 amide bonds. The molecule has 1 atom stereocenters. The lowest BCUT2D eigenvalue weighted by molar-refractivity contribution is -0.122. The molecule has 0 fully saturated rings. The van der Waals surface area contributed by atoms with E-state index in [2.05, 4.69) is 24.3 Å². The number of amides is 1. The smallest absolute Gasteiger partial charge is 0.267 e. The molecule has 1 heterocycles. The molecular formula is C21H29N3O3. The van der Waals surface area contributed by atoms with Crippen molar-refractivity contribution in [3.8, 4) is 17.0 Å². The van der Waals surface area contributed by atoms with Gasteiger partial charge in [-0.1, -0.05) is 26.7 Å². The van der Waals surface area contributed by atoms with E-state index in [1.807, 2.05) is 31.2 Å². The first-order valence-corrected chi connectivity index (χ1v) is 9.41. The number of nitrogens with one attached hydrogen (secondary N) is 1. The summed E-state index contributed by atoms with van der Waals surface area (Å²) in [6, 6.07) is 10.6. The molecule has 6 heteroatoms. The highest BCUT2D eigenvalue weighted by molar-refractivity contribution is 5.76. The van der Waals surface area contributed by atoms with Crippen LogP contribution in [0.25, 0.3) is 11.3 Å². The van der Waals surface area contributed by atoms with Crippen molar-refractivity contribution in [1.82, 2.24) is 15.1 Å². The Morgan fingerprint density at radius 2 is 1.81 bits per heavy atom. The molecule has 6 nitrogen and oxygen atoms in total. The summed E-state index contributed by atoms with van der Waals surface area (Å²) in [6.07, 6.45) is 3.15. The zero-order valence-electron chi connectivity index (χ0n) is 16.6. The third-order valence-electron chi connectivity index (χ3n) is 4.37. The van der Waals surface area contributed by atoms with Crippen LogP contribution >= 0.6 is 0 Å². The van der Waals surface area contributed by atoms with Crippen LogP contribution in [-0.2, 0) is 11.3 Å². The molecule has 27 heavy (non-hydrogen) atoms. The van der Waals surface area contributed by atoms with Gasteiger partial charge in [-0.25, -0.2) is 4.68 Å². The van der Waals surface area contributed by atoms with Crippen LogP contribution in [0, 0.1) is 5.92 Å². The zero-order chi connectivity index (χ0) is 19.8. The second-order valence-electron chi connectivity index (χ2n) is 7.24. The Labute approximate surface area is 160 Å². The topological polar surface area (TPSA) is 73.2 Å². The van der Waals surface area contributed by atoms with Gasteiger partial charge >= 0.3 is 0 Å². The van der Waals surface area contributed by atoms with Crippen LogP contribution in [0.15, 0.2) is 41.2 Å². The van der Waals surface area contributed by atoms with Crippen molar-refractivity contribution in [1.29, 1.82) is 0 Å². The number of aromatic nitrogens is 2. The Kier molecular flexibility index (Phi) is 7.58. The molecule has 0 aliphatic carbocycles. The number of ether oxygens (including phenoxy) is 1. The molecule has 0 bridgehead atoms. The summed E-state index contributed by atoms with van der Waals surface area (Å²) >= 11 is 0. The summed E-state index contributed by atoms with van der Waals surface area (Å²) in [6.45, 7) is 6.29. The van der Waals surface area contributed by atoms with Gasteiger partial charge in [0.25, 0.3) is 5.56 Å². The molecule has 0 aliphatic heterocycles. The fourth-order valence-corrected chi connectivity index (χ4v) is 2.84. The predicted octanol–water partition coefficient (Wildman–Crippen LogP) is 3.25. The van der Waals surface area contributed by atoms with E-state index in [0.717, 1.165) is 30.6 Å². The number of carbonyl (C=O) groups excluding carboxylic acids is 1. The average molecular weight is 371 g/mol. The standard InChI is InChI=1S/C21H29N3O3/c1-15(2)6-5-7-16(3)22-20(25)14-24-21(26)13-12-19(23-24)17-8-10-18(27-4)11-9-17/h8-13,15-16H,5-7,14H2,1-4H3,(H,22,25)/t16-/m0/s1. The SMILES string of the molecule is COc1ccc(-c2ccc(=O)n(CC(=O)N[C@@H](C)CCCC(C)C)n2)cc1. The number of benzene rings is 1. The molecule has 0 saturated carbocycles. The van der Waals surface area contributed by atoms with E-state index in [9.17, 15) is 9.59 Å². The molecule has 1 N–H and O–H groups in total. The third-order valence-corrected chi connectivity index (χ3v) is 4.37. The van der Waals surface area contributed by atoms with Crippen LogP contribution < -0.4 is 15.6 Å². The first kappa shape index (κ1) is 20.7. The second-order valence-corrected chi connectivity index (χ2v) is 7.24. The maximum atomic E-state index is 12.3. The number of rotatable bonds is 9. The van der Waals surface area contributed by atoms with Gasteiger partial charge in [-0.2, -0.15) is 5.10 Å². The van der Waals surface area contributed by atoms with Gasteiger partial charge in [-0.15, -0.1) is 0 Å². The molecule has 0 aliphatic rings. The van der Waals surface area contributed by atoms with Crippen molar-refractivity contribution in [2.45, 2.75) is 52.6 Å². The molecule has 1 aromatic heterocycles. The van der Waals surface area contributed by atoms with Crippen LogP contribution in [0.1, 0.15) is 40.0 Å². The van der Waals surface area contributed by atoms with Gasteiger partial charge in [-0.05, 0) is 49.6 Å². The van der Waals surface area contributed by atoms with Crippen molar-refractivity contribution >= 4 is 5.91 Å².